The highest BCUT2D eigenvalue weighted by Crippen LogP contribution is 2.40. The normalized spacial score (nSPS) is 13.6. The summed E-state index contributed by atoms with van der Waals surface area (Å²) in [5, 5.41) is 2.74. The molecule has 21 heavy (non-hydrogen) atoms. The predicted molar refractivity (Wildman–Crippen MR) is 87.7 cm³/mol. The molecule has 0 amide bonds. The smallest absolute Gasteiger partial charge is 0.0666 e. The topological polar surface area (TPSA) is 31.6 Å². The van der Waals surface area contributed by atoms with Crippen LogP contribution < -0.4 is 0 Å². The number of fused-ring (bicyclic) bond motifs is 7. The number of rotatable bonds is 0. The van der Waals surface area contributed by atoms with Gasteiger partial charge in [0, 0.05) is 21.8 Å². The molecule has 0 fully saturated rings. The van der Waals surface area contributed by atoms with E-state index in [1.165, 1.54) is 49.9 Å². The van der Waals surface area contributed by atoms with E-state index in [2.05, 4.69) is 59.4 Å². The molecule has 2 aromatic heterocycles. The molecule has 1 aliphatic carbocycles. The van der Waals surface area contributed by atoms with Crippen LogP contribution in [0.3, 0.4) is 0 Å². The summed E-state index contributed by atoms with van der Waals surface area (Å²) in [5.74, 6) is 0. The Hall–Kier alpha value is -2.48. The van der Waals surface area contributed by atoms with Crippen molar-refractivity contribution >= 4 is 21.8 Å². The Kier molecular flexibility index (Phi) is 2.02. The van der Waals surface area contributed by atoms with Gasteiger partial charge in [0.25, 0.3) is 0 Å². The van der Waals surface area contributed by atoms with E-state index in [1.807, 2.05) is 0 Å². The van der Waals surface area contributed by atoms with Crippen molar-refractivity contribution < 1.29 is 0 Å². The lowest BCUT2D eigenvalue weighted by Crippen LogP contribution is -2.01. The molecule has 0 saturated heterocycles. The fraction of sp³-hybridized carbons (Fsp3) is 0.158. The van der Waals surface area contributed by atoms with Crippen LogP contribution in [0.2, 0.25) is 0 Å². The summed E-state index contributed by atoms with van der Waals surface area (Å²) in [6, 6.07) is 15.3. The molecule has 2 aromatic carbocycles. The van der Waals surface area contributed by atoms with E-state index in [4.69, 9.17) is 0 Å². The molecule has 5 rings (SSSR count). The number of hydrogen-bond donors (Lipinski definition) is 2. The molecule has 2 nitrogen and oxygen atoms in total. The van der Waals surface area contributed by atoms with Crippen LogP contribution >= 0.6 is 0 Å². The lowest BCUT2D eigenvalue weighted by atomic mass is 9.92. The van der Waals surface area contributed by atoms with E-state index >= 15 is 0 Å². The molecule has 0 radical (unpaired) electrons. The van der Waals surface area contributed by atoms with Crippen molar-refractivity contribution in [3.63, 3.8) is 0 Å². The molecule has 1 aliphatic rings. The standard InChI is InChI=1S/C19H16N2/c1-11-6-7-13-15-9-8-14-12-4-2-3-5-16(12)20-18(14)19(15)21-17(13)10-11/h2-7,10,20-21H,8-9H2,1H3. The van der Waals surface area contributed by atoms with E-state index in [0.717, 1.165) is 12.8 Å². The van der Waals surface area contributed by atoms with E-state index in [0.29, 0.717) is 0 Å². The third-order valence-corrected chi connectivity index (χ3v) is 4.75. The molecule has 2 heteroatoms. The minimum absolute atomic E-state index is 1.12. The van der Waals surface area contributed by atoms with Crippen LogP contribution in [-0.4, -0.2) is 9.97 Å². The number of aryl methyl sites for hydroxylation is 3. The van der Waals surface area contributed by atoms with E-state index in [1.54, 1.807) is 0 Å². The summed E-state index contributed by atoms with van der Waals surface area (Å²) < 4.78 is 0. The summed E-state index contributed by atoms with van der Waals surface area (Å²) in [6.07, 6.45) is 2.24. The Bertz CT molecular complexity index is 1000. The minimum Gasteiger partial charge on any atom is -0.353 e. The SMILES string of the molecule is Cc1ccc2c3c([nH]c2c1)-c1[nH]c2ccccc2c1CC3. The zero-order valence-corrected chi connectivity index (χ0v) is 12.0. The first-order chi connectivity index (χ1) is 10.3. The van der Waals surface area contributed by atoms with Gasteiger partial charge in [0.1, 0.15) is 0 Å². The quantitative estimate of drug-likeness (QED) is 0.464. The van der Waals surface area contributed by atoms with Gasteiger partial charge in [0.05, 0.1) is 11.4 Å². The lowest BCUT2D eigenvalue weighted by molar-refractivity contribution is 0.953. The van der Waals surface area contributed by atoms with Crippen LogP contribution in [-0.2, 0) is 12.8 Å². The highest BCUT2D eigenvalue weighted by molar-refractivity contribution is 5.97. The van der Waals surface area contributed by atoms with Crippen LogP contribution in [0, 0.1) is 6.92 Å². The average molecular weight is 272 g/mol. The Labute approximate surface area is 122 Å². The number of aromatic nitrogens is 2. The third kappa shape index (κ3) is 1.42. The fourth-order valence-electron chi connectivity index (χ4n) is 3.77. The van der Waals surface area contributed by atoms with Crippen LogP contribution in [0.5, 0.6) is 0 Å². The number of benzene rings is 2. The molecule has 0 atom stereocenters. The molecule has 0 saturated carbocycles. The second-order valence-electron chi connectivity index (χ2n) is 6.05. The number of aromatic amines is 2. The Morgan fingerprint density at radius 2 is 1.43 bits per heavy atom. The van der Waals surface area contributed by atoms with Gasteiger partial charge < -0.3 is 9.97 Å². The Morgan fingerprint density at radius 3 is 2.24 bits per heavy atom. The summed E-state index contributed by atoms with van der Waals surface area (Å²) in [6.45, 7) is 2.15. The van der Waals surface area contributed by atoms with Gasteiger partial charge in [-0.25, -0.2) is 0 Å². The van der Waals surface area contributed by atoms with Crippen molar-refractivity contribution in [3.05, 3.63) is 59.2 Å². The molecule has 0 bridgehead atoms. The number of H-pyrrole nitrogens is 2. The molecule has 2 heterocycles. The number of para-hydroxylation sites is 1. The van der Waals surface area contributed by atoms with E-state index in [9.17, 15) is 0 Å². The molecular weight excluding hydrogens is 256 g/mol. The maximum atomic E-state index is 3.64. The predicted octanol–water partition coefficient (Wildman–Crippen LogP) is 4.72. The van der Waals surface area contributed by atoms with Crippen molar-refractivity contribution in [2.45, 2.75) is 19.8 Å². The van der Waals surface area contributed by atoms with Gasteiger partial charge in [-0.2, -0.15) is 0 Å². The van der Waals surface area contributed by atoms with Crippen LogP contribution in [0.15, 0.2) is 42.5 Å². The minimum atomic E-state index is 1.12. The second kappa shape index (κ2) is 3.79. The van der Waals surface area contributed by atoms with Gasteiger partial charge in [-0.05, 0) is 48.6 Å². The van der Waals surface area contributed by atoms with E-state index in [-0.39, 0.29) is 0 Å². The summed E-state index contributed by atoms with van der Waals surface area (Å²) in [5.41, 5.74) is 9.29. The molecule has 2 N–H and O–H groups in total. The van der Waals surface area contributed by atoms with Gasteiger partial charge in [0.2, 0.25) is 0 Å². The molecule has 102 valence electrons. The van der Waals surface area contributed by atoms with Crippen molar-refractivity contribution in [2.75, 3.05) is 0 Å². The fourth-order valence-corrected chi connectivity index (χ4v) is 3.77. The highest BCUT2D eigenvalue weighted by Gasteiger charge is 2.23. The van der Waals surface area contributed by atoms with Crippen LogP contribution in [0.25, 0.3) is 33.2 Å². The average Bonchev–Trinajstić information content (AvgIpc) is 3.04. The Balaban J connectivity index is 1.88. The van der Waals surface area contributed by atoms with Gasteiger partial charge in [-0.15, -0.1) is 0 Å². The summed E-state index contributed by atoms with van der Waals surface area (Å²) in [4.78, 5) is 7.26. The first-order valence-electron chi connectivity index (χ1n) is 7.52. The summed E-state index contributed by atoms with van der Waals surface area (Å²) >= 11 is 0. The second-order valence-corrected chi connectivity index (χ2v) is 6.05. The largest absolute Gasteiger partial charge is 0.353 e. The maximum Gasteiger partial charge on any atom is 0.0666 e. The number of nitrogens with one attached hydrogen (secondary N) is 2. The lowest BCUT2D eigenvalue weighted by Gasteiger charge is -2.12. The Morgan fingerprint density at radius 1 is 0.762 bits per heavy atom. The van der Waals surface area contributed by atoms with Crippen LogP contribution in [0.1, 0.15) is 16.7 Å². The monoisotopic (exact) mass is 272 g/mol. The third-order valence-electron chi connectivity index (χ3n) is 4.75. The molecule has 0 unspecified atom stereocenters. The molecular formula is C19H16N2. The van der Waals surface area contributed by atoms with Crippen molar-refractivity contribution in [2.24, 2.45) is 0 Å². The van der Waals surface area contributed by atoms with Gasteiger partial charge in [-0.3, -0.25) is 0 Å². The zero-order valence-electron chi connectivity index (χ0n) is 12.0. The number of hydrogen-bond acceptors (Lipinski definition) is 0. The van der Waals surface area contributed by atoms with Crippen molar-refractivity contribution in [1.82, 2.24) is 9.97 Å². The van der Waals surface area contributed by atoms with Gasteiger partial charge >= 0.3 is 0 Å². The highest BCUT2D eigenvalue weighted by atomic mass is 14.8. The van der Waals surface area contributed by atoms with Gasteiger partial charge in [0.15, 0.2) is 0 Å². The summed E-state index contributed by atoms with van der Waals surface area (Å²) in [7, 11) is 0. The van der Waals surface area contributed by atoms with E-state index < -0.39 is 0 Å². The van der Waals surface area contributed by atoms with Crippen LogP contribution in [0.4, 0.5) is 0 Å². The van der Waals surface area contributed by atoms with Crippen molar-refractivity contribution in [3.8, 4) is 11.4 Å². The first kappa shape index (κ1) is 11.2. The maximum absolute atomic E-state index is 3.64. The molecule has 0 spiro atoms. The molecule has 0 aliphatic heterocycles. The zero-order chi connectivity index (χ0) is 14.0. The first-order valence-corrected chi connectivity index (χ1v) is 7.52. The van der Waals surface area contributed by atoms with Crippen molar-refractivity contribution in [1.29, 1.82) is 0 Å². The van der Waals surface area contributed by atoms with Gasteiger partial charge in [-0.1, -0.05) is 30.3 Å². The molecule has 4 aromatic rings.